The summed E-state index contributed by atoms with van der Waals surface area (Å²) in [6.07, 6.45) is 1.31. The van der Waals surface area contributed by atoms with E-state index in [9.17, 15) is 4.39 Å². The Kier molecular flexibility index (Phi) is 3.56. The highest BCUT2D eigenvalue weighted by molar-refractivity contribution is 5.20. The Labute approximate surface area is 96.0 Å². The van der Waals surface area contributed by atoms with Crippen LogP contribution in [0.2, 0.25) is 0 Å². The van der Waals surface area contributed by atoms with E-state index in [0.29, 0.717) is 6.54 Å². The second-order valence-corrected chi connectivity index (χ2v) is 4.72. The Balaban J connectivity index is 1.90. The third kappa shape index (κ3) is 2.80. The highest BCUT2D eigenvalue weighted by atomic mass is 19.1. The van der Waals surface area contributed by atoms with Crippen molar-refractivity contribution in [3.8, 4) is 0 Å². The standard InChI is InChI=1S/C13H19FN2/c1-9-6-11(9)8-16-13(7-15)10-2-4-12(14)5-3-10/h2-5,9,11,13,16H,6-8,15H2,1H3. The van der Waals surface area contributed by atoms with E-state index in [1.165, 1.54) is 18.6 Å². The van der Waals surface area contributed by atoms with Crippen molar-refractivity contribution in [2.24, 2.45) is 17.6 Å². The van der Waals surface area contributed by atoms with Crippen LogP contribution >= 0.6 is 0 Å². The maximum absolute atomic E-state index is 12.8. The van der Waals surface area contributed by atoms with Crippen LogP contribution in [0, 0.1) is 17.7 Å². The van der Waals surface area contributed by atoms with Gasteiger partial charge in [0, 0.05) is 12.6 Å². The summed E-state index contributed by atoms with van der Waals surface area (Å²) in [5.74, 6) is 1.45. The first-order valence-electron chi connectivity index (χ1n) is 5.89. The summed E-state index contributed by atoms with van der Waals surface area (Å²) in [6, 6.07) is 6.72. The van der Waals surface area contributed by atoms with Gasteiger partial charge in [-0.05, 0) is 42.5 Å². The fourth-order valence-electron chi connectivity index (χ4n) is 2.01. The molecule has 16 heavy (non-hydrogen) atoms. The molecule has 3 heteroatoms. The number of benzene rings is 1. The Morgan fingerprint density at radius 3 is 2.56 bits per heavy atom. The summed E-state index contributed by atoms with van der Waals surface area (Å²) >= 11 is 0. The van der Waals surface area contributed by atoms with Crippen LogP contribution in [0.5, 0.6) is 0 Å². The van der Waals surface area contributed by atoms with Crippen LogP contribution in [-0.2, 0) is 0 Å². The molecule has 0 heterocycles. The molecule has 1 aromatic rings. The van der Waals surface area contributed by atoms with E-state index >= 15 is 0 Å². The Hall–Kier alpha value is -0.930. The van der Waals surface area contributed by atoms with Gasteiger partial charge in [0.15, 0.2) is 0 Å². The molecule has 3 unspecified atom stereocenters. The molecule has 1 aliphatic carbocycles. The smallest absolute Gasteiger partial charge is 0.123 e. The van der Waals surface area contributed by atoms with Crippen LogP contribution in [0.25, 0.3) is 0 Å². The van der Waals surface area contributed by atoms with Gasteiger partial charge in [-0.1, -0.05) is 19.1 Å². The van der Waals surface area contributed by atoms with Crippen LogP contribution in [0.1, 0.15) is 24.9 Å². The minimum atomic E-state index is -0.199. The maximum Gasteiger partial charge on any atom is 0.123 e. The molecule has 0 aliphatic heterocycles. The predicted octanol–water partition coefficient (Wildman–Crippen LogP) is 2.07. The number of nitrogens with two attached hydrogens (primary N) is 1. The van der Waals surface area contributed by atoms with Gasteiger partial charge >= 0.3 is 0 Å². The zero-order valence-corrected chi connectivity index (χ0v) is 9.62. The van der Waals surface area contributed by atoms with Crippen LogP contribution in [-0.4, -0.2) is 13.1 Å². The van der Waals surface area contributed by atoms with Crippen LogP contribution in [0.4, 0.5) is 4.39 Å². The first-order chi connectivity index (χ1) is 7.70. The molecule has 0 radical (unpaired) electrons. The average Bonchev–Trinajstić information content (AvgIpc) is 2.98. The van der Waals surface area contributed by atoms with Gasteiger partial charge in [0.2, 0.25) is 0 Å². The molecule has 1 fully saturated rings. The molecule has 0 amide bonds. The second-order valence-electron chi connectivity index (χ2n) is 4.72. The third-order valence-electron chi connectivity index (χ3n) is 3.41. The van der Waals surface area contributed by atoms with Crippen LogP contribution in [0.15, 0.2) is 24.3 Å². The van der Waals surface area contributed by atoms with Gasteiger partial charge in [0.05, 0.1) is 0 Å². The SMILES string of the molecule is CC1CC1CNC(CN)c1ccc(F)cc1. The van der Waals surface area contributed by atoms with Gasteiger partial charge in [-0.25, -0.2) is 4.39 Å². The number of halogens is 1. The van der Waals surface area contributed by atoms with Crippen molar-refractivity contribution in [1.29, 1.82) is 0 Å². The van der Waals surface area contributed by atoms with Crippen LogP contribution < -0.4 is 11.1 Å². The highest BCUT2D eigenvalue weighted by Crippen LogP contribution is 2.37. The zero-order valence-electron chi connectivity index (χ0n) is 9.62. The third-order valence-corrected chi connectivity index (χ3v) is 3.41. The molecule has 2 rings (SSSR count). The van der Waals surface area contributed by atoms with Gasteiger partial charge in [-0.2, -0.15) is 0 Å². The van der Waals surface area contributed by atoms with Crippen molar-refractivity contribution in [2.45, 2.75) is 19.4 Å². The van der Waals surface area contributed by atoms with Gasteiger partial charge < -0.3 is 11.1 Å². The molecule has 1 aliphatic rings. The molecule has 1 saturated carbocycles. The number of hydrogen-bond acceptors (Lipinski definition) is 2. The molecule has 2 nitrogen and oxygen atoms in total. The average molecular weight is 222 g/mol. The minimum absolute atomic E-state index is 0.147. The molecule has 0 spiro atoms. The fourth-order valence-corrected chi connectivity index (χ4v) is 2.01. The Bertz CT molecular complexity index is 336. The molecular weight excluding hydrogens is 203 g/mol. The lowest BCUT2D eigenvalue weighted by atomic mass is 10.1. The lowest BCUT2D eigenvalue weighted by molar-refractivity contribution is 0.510. The summed E-state index contributed by atoms with van der Waals surface area (Å²) in [7, 11) is 0. The quantitative estimate of drug-likeness (QED) is 0.800. The lowest BCUT2D eigenvalue weighted by Gasteiger charge is -2.17. The summed E-state index contributed by atoms with van der Waals surface area (Å²) in [5, 5.41) is 3.45. The van der Waals surface area contributed by atoms with E-state index in [2.05, 4.69) is 12.2 Å². The summed E-state index contributed by atoms with van der Waals surface area (Å²) in [4.78, 5) is 0. The summed E-state index contributed by atoms with van der Waals surface area (Å²) in [6.45, 7) is 3.83. The van der Waals surface area contributed by atoms with E-state index in [-0.39, 0.29) is 11.9 Å². The van der Waals surface area contributed by atoms with E-state index in [1.54, 1.807) is 12.1 Å². The summed E-state index contributed by atoms with van der Waals surface area (Å²) < 4.78 is 12.8. The second kappa shape index (κ2) is 4.93. The van der Waals surface area contributed by atoms with Crippen molar-refractivity contribution in [3.05, 3.63) is 35.6 Å². The van der Waals surface area contributed by atoms with Crippen molar-refractivity contribution in [3.63, 3.8) is 0 Å². The molecule has 3 N–H and O–H groups in total. The highest BCUT2D eigenvalue weighted by Gasteiger charge is 2.32. The summed E-state index contributed by atoms with van der Waals surface area (Å²) in [5.41, 5.74) is 6.79. The Morgan fingerprint density at radius 2 is 2.06 bits per heavy atom. The Morgan fingerprint density at radius 1 is 1.44 bits per heavy atom. The molecule has 1 aromatic carbocycles. The van der Waals surface area contributed by atoms with E-state index in [0.717, 1.165) is 23.9 Å². The van der Waals surface area contributed by atoms with Crippen molar-refractivity contribution in [1.82, 2.24) is 5.32 Å². The first kappa shape index (κ1) is 11.6. The fraction of sp³-hybridized carbons (Fsp3) is 0.538. The zero-order chi connectivity index (χ0) is 11.5. The lowest BCUT2D eigenvalue weighted by Crippen LogP contribution is -2.30. The van der Waals surface area contributed by atoms with Crippen LogP contribution in [0.3, 0.4) is 0 Å². The van der Waals surface area contributed by atoms with Crippen molar-refractivity contribution in [2.75, 3.05) is 13.1 Å². The number of hydrogen-bond donors (Lipinski definition) is 2. The van der Waals surface area contributed by atoms with E-state index < -0.39 is 0 Å². The van der Waals surface area contributed by atoms with Crippen molar-refractivity contribution < 1.29 is 4.39 Å². The first-order valence-corrected chi connectivity index (χ1v) is 5.89. The van der Waals surface area contributed by atoms with Gasteiger partial charge in [-0.15, -0.1) is 0 Å². The molecule has 0 aromatic heterocycles. The van der Waals surface area contributed by atoms with Gasteiger partial charge in [-0.3, -0.25) is 0 Å². The molecule has 0 bridgehead atoms. The predicted molar refractivity (Wildman–Crippen MR) is 63.5 cm³/mol. The maximum atomic E-state index is 12.8. The van der Waals surface area contributed by atoms with Gasteiger partial charge in [0.25, 0.3) is 0 Å². The minimum Gasteiger partial charge on any atom is -0.329 e. The molecular formula is C13H19FN2. The normalized spacial score (nSPS) is 25.4. The van der Waals surface area contributed by atoms with Crippen molar-refractivity contribution >= 4 is 0 Å². The molecule has 88 valence electrons. The molecule has 3 atom stereocenters. The molecule has 0 saturated heterocycles. The van der Waals surface area contributed by atoms with E-state index in [4.69, 9.17) is 5.73 Å². The topological polar surface area (TPSA) is 38.0 Å². The number of nitrogens with one attached hydrogen (secondary N) is 1. The monoisotopic (exact) mass is 222 g/mol. The van der Waals surface area contributed by atoms with E-state index in [1.807, 2.05) is 0 Å². The largest absolute Gasteiger partial charge is 0.329 e. The number of rotatable bonds is 5. The van der Waals surface area contributed by atoms with Gasteiger partial charge in [0.1, 0.15) is 5.82 Å².